The summed E-state index contributed by atoms with van der Waals surface area (Å²) in [5.41, 5.74) is 1.39. The van der Waals surface area contributed by atoms with Crippen LogP contribution in [0, 0.1) is 0 Å². The van der Waals surface area contributed by atoms with Crippen molar-refractivity contribution in [3.63, 3.8) is 0 Å². The molecule has 0 bridgehead atoms. The average molecular weight is 294 g/mol. The third-order valence-corrected chi connectivity index (χ3v) is 3.53. The van der Waals surface area contributed by atoms with E-state index in [1.807, 2.05) is 37.3 Å². The van der Waals surface area contributed by atoms with Crippen molar-refractivity contribution in [2.45, 2.75) is 6.92 Å². The lowest BCUT2D eigenvalue weighted by Gasteiger charge is -2.21. The van der Waals surface area contributed by atoms with Crippen LogP contribution in [0.1, 0.15) is 17.3 Å². The molecule has 2 nitrogen and oxygen atoms in total. The minimum Gasteiger partial charge on any atom is -0.309 e. The third kappa shape index (κ3) is 3.09. The molecule has 0 saturated carbocycles. The molecule has 19 heavy (non-hydrogen) atoms. The molecule has 2 aromatic rings. The Bertz CT molecular complexity index is 584. The van der Waals surface area contributed by atoms with Crippen molar-refractivity contribution >= 4 is 34.8 Å². The molecule has 2 aromatic carbocycles. The van der Waals surface area contributed by atoms with Crippen molar-refractivity contribution in [1.29, 1.82) is 0 Å². The van der Waals surface area contributed by atoms with Gasteiger partial charge in [-0.15, -0.1) is 0 Å². The Kier molecular flexibility index (Phi) is 4.46. The number of carbonyl (C=O) groups is 1. The van der Waals surface area contributed by atoms with E-state index < -0.39 is 0 Å². The second kappa shape index (κ2) is 6.09. The van der Waals surface area contributed by atoms with Crippen LogP contribution >= 0.6 is 23.2 Å². The molecular formula is C15H13Cl2NO. The van der Waals surface area contributed by atoms with Gasteiger partial charge in [-0.2, -0.15) is 0 Å². The number of nitrogens with zero attached hydrogens (tertiary/aromatic N) is 1. The van der Waals surface area contributed by atoms with E-state index in [0.717, 1.165) is 5.69 Å². The van der Waals surface area contributed by atoms with Crippen LogP contribution in [0.4, 0.5) is 5.69 Å². The van der Waals surface area contributed by atoms with E-state index in [1.54, 1.807) is 23.1 Å². The lowest BCUT2D eigenvalue weighted by Crippen LogP contribution is -2.30. The van der Waals surface area contributed by atoms with Crippen molar-refractivity contribution in [1.82, 2.24) is 0 Å². The summed E-state index contributed by atoms with van der Waals surface area (Å²) in [4.78, 5) is 14.2. The normalized spacial score (nSPS) is 10.3. The first-order chi connectivity index (χ1) is 9.13. The summed E-state index contributed by atoms with van der Waals surface area (Å²) >= 11 is 11.8. The van der Waals surface area contributed by atoms with E-state index in [-0.39, 0.29) is 5.91 Å². The minimum absolute atomic E-state index is 0.0905. The molecule has 0 atom stereocenters. The van der Waals surface area contributed by atoms with E-state index >= 15 is 0 Å². The topological polar surface area (TPSA) is 20.3 Å². The Balaban J connectivity index is 2.33. The lowest BCUT2D eigenvalue weighted by molar-refractivity contribution is 0.0988. The van der Waals surface area contributed by atoms with Crippen LogP contribution < -0.4 is 4.90 Å². The van der Waals surface area contributed by atoms with Crippen LogP contribution in [-0.4, -0.2) is 12.5 Å². The van der Waals surface area contributed by atoms with E-state index in [2.05, 4.69) is 0 Å². The van der Waals surface area contributed by atoms with Crippen LogP contribution in [0.3, 0.4) is 0 Å². The van der Waals surface area contributed by atoms with Gasteiger partial charge in [-0.3, -0.25) is 4.79 Å². The Hall–Kier alpha value is -1.51. The van der Waals surface area contributed by atoms with Gasteiger partial charge < -0.3 is 4.90 Å². The molecule has 2 rings (SSSR count). The van der Waals surface area contributed by atoms with Crippen molar-refractivity contribution in [2.24, 2.45) is 0 Å². The smallest absolute Gasteiger partial charge is 0.258 e. The van der Waals surface area contributed by atoms with Crippen LogP contribution in [-0.2, 0) is 0 Å². The highest BCUT2D eigenvalue weighted by atomic mass is 35.5. The standard InChI is InChI=1S/C15H13Cl2NO/c1-2-18(12-6-4-3-5-7-12)15(19)11-8-9-13(16)14(17)10-11/h3-10H,2H2,1H3. The molecule has 0 unspecified atom stereocenters. The summed E-state index contributed by atoms with van der Waals surface area (Å²) in [6.45, 7) is 2.52. The van der Waals surface area contributed by atoms with Gasteiger partial charge in [-0.25, -0.2) is 0 Å². The fourth-order valence-electron chi connectivity index (χ4n) is 1.84. The van der Waals surface area contributed by atoms with E-state index in [1.165, 1.54) is 0 Å². The predicted octanol–water partition coefficient (Wildman–Crippen LogP) is 4.66. The van der Waals surface area contributed by atoms with Gasteiger partial charge in [0, 0.05) is 17.8 Å². The number of anilines is 1. The number of amides is 1. The number of hydrogen-bond donors (Lipinski definition) is 0. The SMILES string of the molecule is CCN(C(=O)c1ccc(Cl)c(Cl)c1)c1ccccc1. The zero-order valence-corrected chi connectivity index (χ0v) is 11.9. The van der Waals surface area contributed by atoms with Gasteiger partial charge in [0.25, 0.3) is 5.91 Å². The van der Waals surface area contributed by atoms with Crippen molar-refractivity contribution in [3.05, 3.63) is 64.1 Å². The fraction of sp³-hybridized carbons (Fsp3) is 0.133. The monoisotopic (exact) mass is 293 g/mol. The highest BCUT2D eigenvalue weighted by Gasteiger charge is 2.16. The molecule has 0 aliphatic carbocycles. The Morgan fingerprint density at radius 3 is 2.32 bits per heavy atom. The molecule has 0 aliphatic heterocycles. The molecule has 0 heterocycles. The Morgan fingerprint density at radius 2 is 1.74 bits per heavy atom. The molecule has 1 amide bonds. The first-order valence-corrected chi connectivity index (χ1v) is 6.71. The van der Waals surface area contributed by atoms with E-state index in [4.69, 9.17) is 23.2 Å². The highest BCUT2D eigenvalue weighted by Crippen LogP contribution is 2.24. The van der Waals surface area contributed by atoms with Gasteiger partial charge in [0.1, 0.15) is 0 Å². The molecule has 0 fully saturated rings. The van der Waals surface area contributed by atoms with Gasteiger partial charge in [0.05, 0.1) is 10.0 Å². The van der Waals surface area contributed by atoms with Crippen LogP contribution in [0.5, 0.6) is 0 Å². The number of carbonyl (C=O) groups excluding carboxylic acids is 1. The second-order valence-corrected chi connectivity index (χ2v) is 4.83. The summed E-state index contributed by atoms with van der Waals surface area (Å²) in [6.07, 6.45) is 0. The van der Waals surface area contributed by atoms with Crippen molar-refractivity contribution in [2.75, 3.05) is 11.4 Å². The molecule has 0 saturated heterocycles. The quantitative estimate of drug-likeness (QED) is 0.806. The fourth-order valence-corrected chi connectivity index (χ4v) is 2.13. The average Bonchev–Trinajstić information content (AvgIpc) is 2.44. The van der Waals surface area contributed by atoms with Gasteiger partial charge in [0.2, 0.25) is 0 Å². The highest BCUT2D eigenvalue weighted by molar-refractivity contribution is 6.42. The molecule has 4 heteroatoms. The van der Waals surface area contributed by atoms with Crippen LogP contribution in [0.2, 0.25) is 10.0 Å². The molecular weight excluding hydrogens is 281 g/mol. The van der Waals surface area contributed by atoms with Crippen LogP contribution in [0.25, 0.3) is 0 Å². The first-order valence-electron chi connectivity index (χ1n) is 5.95. The van der Waals surface area contributed by atoms with Gasteiger partial charge in [0.15, 0.2) is 0 Å². The van der Waals surface area contributed by atoms with Crippen LogP contribution in [0.15, 0.2) is 48.5 Å². The second-order valence-electron chi connectivity index (χ2n) is 4.01. The number of rotatable bonds is 3. The maximum atomic E-state index is 12.5. The number of halogens is 2. The minimum atomic E-state index is -0.0905. The molecule has 0 aliphatic rings. The van der Waals surface area contributed by atoms with Crippen molar-refractivity contribution in [3.8, 4) is 0 Å². The summed E-state index contributed by atoms with van der Waals surface area (Å²) in [5, 5.41) is 0.831. The number of benzene rings is 2. The lowest BCUT2D eigenvalue weighted by atomic mass is 10.2. The summed E-state index contributed by atoms with van der Waals surface area (Å²) < 4.78 is 0. The number of para-hydroxylation sites is 1. The first kappa shape index (κ1) is 13.9. The van der Waals surface area contributed by atoms with E-state index in [9.17, 15) is 4.79 Å². The van der Waals surface area contributed by atoms with Gasteiger partial charge >= 0.3 is 0 Å². The summed E-state index contributed by atoms with van der Waals surface area (Å²) in [6, 6.07) is 14.4. The van der Waals surface area contributed by atoms with Crippen molar-refractivity contribution < 1.29 is 4.79 Å². The zero-order chi connectivity index (χ0) is 13.8. The third-order valence-electron chi connectivity index (χ3n) is 2.80. The van der Waals surface area contributed by atoms with Gasteiger partial charge in [-0.1, -0.05) is 41.4 Å². The predicted molar refractivity (Wildman–Crippen MR) is 80.3 cm³/mol. The molecule has 0 aromatic heterocycles. The number of hydrogen-bond acceptors (Lipinski definition) is 1. The maximum Gasteiger partial charge on any atom is 0.258 e. The zero-order valence-electron chi connectivity index (χ0n) is 10.4. The van der Waals surface area contributed by atoms with E-state index in [0.29, 0.717) is 22.2 Å². The largest absolute Gasteiger partial charge is 0.309 e. The molecule has 0 radical (unpaired) electrons. The molecule has 98 valence electrons. The summed E-state index contributed by atoms with van der Waals surface area (Å²) in [7, 11) is 0. The molecule has 0 spiro atoms. The van der Waals surface area contributed by atoms with Gasteiger partial charge in [-0.05, 0) is 37.3 Å². The Labute approximate surface area is 122 Å². The molecule has 0 N–H and O–H groups in total. The Morgan fingerprint density at radius 1 is 1.05 bits per heavy atom. The summed E-state index contributed by atoms with van der Waals surface area (Å²) in [5.74, 6) is -0.0905. The maximum absolute atomic E-state index is 12.5.